The highest BCUT2D eigenvalue weighted by molar-refractivity contribution is 6.35. The number of hydrogen-bond acceptors (Lipinski definition) is 4. The molecule has 0 bridgehead atoms. The highest BCUT2D eigenvalue weighted by Crippen LogP contribution is 2.40. The number of halogens is 2. The van der Waals surface area contributed by atoms with Gasteiger partial charge >= 0.3 is 0 Å². The number of aliphatic hydroxyl groups excluding tert-OH is 1. The molecule has 2 aliphatic heterocycles. The summed E-state index contributed by atoms with van der Waals surface area (Å²) in [6.45, 7) is 2.09. The number of ether oxygens (including phenoxy) is 1. The monoisotopic (exact) mass is 499 g/mol. The Morgan fingerprint density at radius 1 is 1.00 bits per heavy atom. The summed E-state index contributed by atoms with van der Waals surface area (Å²) in [6.07, 6.45) is 4.02. The molecule has 0 atom stereocenters. The van der Waals surface area contributed by atoms with E-state index in [1.807, 2.05) is 39.9 Å². The number of piperidine rings is 1. The summed E-state index contributed by atoms with van der Waals surface area (Å²) >= 11 is 12.8. The van der Waals surface area contributed by atoms with E-state index in [1.54, 1.807) is 19.2 Å². The van der Waals surface area contributed by atoms with Crippen molar-refractivity contribution >= 4 is 29.1 Å². The van der Waals surface area contributed by atoms with Crippen LogP contribution in [0.2, 0.25) is 10.0 Å². The highest BCUT2D eigenvalue weighted by atomic mass is 35.5. The van der Waals surface area contributed by atoms with Gasteiger partial charge in [-0.15, -0.1) is 0 Å². The molecular weight excluding hydrogens is 473 g/mol. The molecule has 1 fully saturated rings. The highest BCUT2D eigenvalue weighted by Gasteiger charge is 2.37. The Bertz CT molecular complexity index is 1220. The van der Waals surface area contributed by atoms with Crippen LogP contribution in [-0.4, -0.2) is 52.3 Å². The van der Waals surface area contributed by atoms with Crippen molar-refractivity contribution in [1.82, 2.24) is 14.6 Å². The molecule has 34 heavy (non-hydrogen) atoms. The smallest absolute Gasteiger partial charge is 0.270 e. The Hall–Kier alpha value is -2.51. The molecule has 8 heteroatoms. The van der Waals surface area contributed by atoms with Gasteiger partial charge < -0.3 is 14.4 Å². The summed E-state index contributed by atoms with van der Waals surface area (Å²) in [6, 6.07) is 13.0. The van der Waals surface area contributed by atoms with Crippen LogP contribution >= 0.6 is 23.2 Å². The molecule has 178 valence electrons. The van der Waals surface area contributed by atoms with Gasteiger partial charge in [-0.2, -0.15) is 0 Å². The molecule has 3 aromatic rings. The number of hydrogen-bond donors (Lipinski definition) is 1. The van der Waals surface area contributed by atoms with Crippen LogP contribution in [0.15, 0.2) is 42.5 Å². The van der Waals surface area contributed by atoms with Crippen LogP contribution < -0.4 is 4.74 Å². The molecule has 1 amide bonds. The van der Waals surface area contributed by atoms with E-state index in [-0.39, 0.29) is 12.5 Å². The van der Waals surface area contributed by atoms with Crippen LogP contribution in [0.5, 0.6) is 5.75 Å². The van der Waals surface area contributed by atoms with E-state index >= 15 is 0 Å². The molecule has 2 aliphatic rings. The first kappa shape index (κ1) is 23.2. The molecule has 6 nitrogen and oxygen atoms in total. The lowest BCUT2D eigenvalue weighted by atomic mass is 10.0. The number of nitrogens with zero attached hydrogens (tertiary/aromatic N) is 3. The Labute approximate surface area is 209 Å². The molecule has 1 saturated heterocycles. The Balaban J connectivity index is 1.72. The van der Waals surface area contributed by atoms with Crippen LogP contribution in [0.1, 0.15) is 40.9 Å². The molecule has 0 aliphatic carbocycles. The number of fused-ring (bicyclic) bond motifs is 1. The summed E-state index contributed by atoms with van der Waals surface area (Å²) in [7, 11) is 1.62. The minimum Gasteiger partial charge on any atom is -0.497 e. The fraction of sp³-hybridized carbons (Fsp3) is 0.346. The molecule has 0 unspecified atom stereocenters. The summed E-state index contributed by atoms with van der Waals surface area (Å²) in [5, 5.41) is 15.6. The lowest BCUT2D eigenvalue weighted by Gasteiger charge is -2.39. The van der Waals surface area contributed by atoms with Crippen molar-refractivity contribution in [2.75, 3.05) is 26.7 Å². The second-order valence-electron chi connectivity index (χ2n) is 8.66. The molecule has 0 radical (unpaired) electrons. The van der Waals surface area contributed by atoms with Gasteiger partial charge in [-0.1, -0.05) is 29.6 Å². The second-order valence-corrected chi connectivity index (χ2v) is 9.50. The summed E-state index contributed by atoms with van der Waals surface area (Å²) in [5.41, 5.74) is 4.38. The Kier molecular flexibility index (Phi) is 6.58. The quantitative estimate of drug-likeness (QED) is 0.513. The second kappa shape index (κ2) is 9.62. The maximum Gasteiger partial charge on any atom is 0.270 e. The van der Waals surface area contributed by atoms with Crippen LogP contribution in [0.25, 0.3) is 16.9 Å². The minimum absolute atomic E-state index is 0.0641. The predicted octanol–water partition coefficient (Wildman–Crippen LogP) is 5.35. The summed E-state index contributed by atoms with van der Waals surface area (Å²) in [5.74, 6) is 0.667. The van der Waals surface area contributed by atoms with E-state index in [0.29, 0.717) is 34.1 Å². The van der Waals surface area contributed by atoms with Gasteiger partial charge in [0.15, 0.2) is 0 Å². The maximum atomic E-state index is 13.8. The van der Waals surface area contributed by atoms with E-state index in [0.717, 1.165) is 54.3 Å². The van der Waals surface area contributed by atoms with Crippen molar-refractivity contribution in [3.8, 4) is 22.7 Å². The summed E-state index contributed by atoms with van der Waals surface area (Å²) in [4.78, 5) is 13.8. The molecule has 1 N–H and O–H groups in total. The first-order chi connectivity index (χ1) is 16.5. The van der Waals surface area contributed by atoms with Crippen LogP contribution in [-0.2, 0) is 13.0 Å². The number of aromatic nitrogens is 1. The van der Waals surface area contributed by atoms with Gasteiger partial charge in [0.1, 0.15) is 5.75 Å². The van der Waals surface area contributed by atoms with Crippen molar-refractivity contribution in [2.24, 2.45) is 0 Å². The van der Waals surface area contributed by atoms with Crippen LogP contribution in [0.3, 0.4) is 0 Å². The van der Waals surface area contributed by atoms with Gasteiger partial charge in [-0.05, 0) is 60.9 Å². The van der Waals surface area contributed by atoms with Crippen LogP contribution in [0.4, 0.5) is 0 Å². The molecule has 5 rings (SSSR count). The van der Waals surface area contributed by atoms with Gasteiger partial charge in [0.25, 0.3) is 5.91 Å². The molecule has 2 aromatic carbocycles. The van der Waals surface area contributed by atoms with Crippen molar-refractivity contribution in [1.29, 1.82) is 0 Å². The predicted molar refractivity (Wildman–Crippen MR) is 134 cm³/mol. The third kappa shape index (κ3) is 3.99. The molecule has 0 spiro atoms. The van der Waals surface area contributed by atoms with Crippen molar-refractivity contribution in [3.05, 3.63) is 69.3 Å². The van der Waals surface area contributed by atoms with E-state index in [9.17, 15) is 9.90 Å². The zero-order valence-electron chi connectivity index (χ0n) is 19.1. The number of hydrazine groups is 1. The molecule has 3 heterocycles. The van der Waals surface area contributed by atoms with Crippen LogP contribution in [0, 0.1) is 0 Å². The third-order valence-electron chi connectivity index (χ3n) is 6.72. The fourth-order valence-electron chi connectivity index (χ4n) is 5.13. The summed E-state index contributed by atoms with van der Waals surface area (Å²) < 4.78 is 7.35. The largest absolute Gasteiger partial charge is 0.497 e. The van der Waals surface area contributed by atoms with Gasteiger partial charge in [0, 0.05) is 42.3 Å². The standard InChI is InChI=1S/C26H27Cl2N3O3/c1-34-19-8-5-17(6-9-19)25-20(16-32)24-23(31(25)22-10-7-18(27)15-21(22)28)11-14-30(26(24)33)29-12-3-2-4-13-29/h5-10,15,32H,2-4,11-14,16H2,1H3. The van der Waals surface area contributed by atoms with Crippen molar-refractivity contribution in [2.45, 2.75) is 32.3 Å². The molecule has 1 aromatic heterocycles. The lowest BCUT2D eigenvalue weighted by molar-refractivity contribution is -0.0239. The van der Waals surface area contributed by atoms with E-state index in [1.165, 1.54) is 6.42 Å². The minimum atomic E-state index is -0.262. The SMILES string of the molecule is COc1ccc(-c2c(CO)c3c(n2-c2ccc(Cl)cc2Cl)CCN(N2CCCCC2)C3=O)cc1. The normalized spacial score (nSPS) is 16.6. The Morgan fingerprint density at radius 3 is 2.38 bits per heavy atom. The number of aliphatic hydroxyl groups is 1. The van der Waals surface area contributed by atoms with Gasteiger partial charge in [-0.3, -0.25) is 9.80 Å². The van der Waals surface area contributed by atoms with E-state index < -0.39 is 0 Å². The number of carbonyl (C=O) groups is 1. The first-order valence-corrected chi connectivity index (χ1v) is 12.3. The molecular formula is C26H27Cl2N3O3. The zero-order valence-corrected chi connectivity index (χ0v) is 20.6. The first-order valence-electron chi connectivity index (χ1n) is 11.6. The van der Waals surface area contributed by atoms with Gasteiger partial charge in [-0.25, -0.2) is 5.01 Å². The zero-order chi connectivity index (χ0) is 23.8. The van der Waals surface area contributed by atoms with Gasteiger partial charge in [0.2, 0.25) is 0 Å². The fourth-order valence-corrected chi connectivity index (χ4v) is 5.62. The lowest BCUT2D eigenvalue weighted by Crippen LogP contribution is -2.51. The average molecular weight is 500 g/mol. The van der Waals surface area contributed by atoms with E-state index in [4.69, 9.17) is 27.9 Å². The van der Waals surface area contributed by atoms with E-state index in [2.05, 4.69) is 5.01 Å². The van der Waals surface area contributed by atoms with Gasteiger partial charge in [0.05, 0.1) is 35.7 Å². The average Bonchev–Trinajstić information content (AvgIpc) is 3.20. The number of methoxy groups -OCH3 is 1. The maximum absolute atomic E-state index is 13.8. The van der Waals surface area contributed by atoms with Crippen molar-refractivity contribution < 1.29 is 14.6 Å². The van der Waals surface area contributed by atoms with Crippen molar-refractivity contribution in [3.63, 3.8) is 0 Å². The third-order valence-corrected chi connectivity index (χ3v) is 7.26. The number of benzene rings is 2. The number of rotatable bonds is 5. The topological polar surface area (TPSA) is 57.9 Å². The number of carbonyl (C=O) groups excluding carboxylic acids is 1. The number of amides is 1. The Morgan fingerprint density at radius 2 is 1.74 bits per heavy atom. The molecule has 0 saturated carbocycles.